The predicted molar refractivity (Wildman–Crippen MR) is 68.1 cm³/mol. The number of rotatable bonds is 3. The van der Waals surface area contributed by atoms with Crippen molar-refractivity contribution in [1.82, 2.24) is 15.2 Å². The van der Waals surface area contributed by atoms with Gasteiger partial charge < -0.3 is 5.32 Å². The highest BCUT2D eigenvalue weighted by molar-refractivity contribution is 6.28. The first-order valence-electron chi connectivity index (χ1n) is 5.33. The van der Waals surface area contributed by atoms with Gasteiger partial charge in [0.05, 0.1) is 6.20 Å². The van der Waals surface area contributed by atoms with Gasteiger partial charge in [-0.15, -0.1) is 5.10 Å². The Bertz CT molecular complexity index is 498. The van der Waals surface area contributed by atoms with Crippen molar-refractivity contribution < 1.29 is 0 Å². The van der Waals surface area contributed by atoms with Crippen LogP contribution in [0.3, 0.4) is 0 Å². The van der Waals surface area contributed by atoms with E-state index in [4.69, 9.17) is 11.6 Å². The Balaban J connectivity index is 2.11. The fraction of sp³-hybridized carbons (Fsp3) is 0.250. The summed E-state index contributed by atoms with van der Waals surface area (Å²) in [6.45, 7) is 4.12. The van der Waals surface area contributed by atoms with Crippen LogP contribution in [0.25, 0.3) is 0 Å². The molecule has 0 bridgehead atoms. The van der Waals surface area contributed by atoms with Crippen molar-refractivity contribution in [2.75, 3.05) is 5.32 Å². The Morgan fingerprint density at radius 3 is 2.59 bits per heavy atom. The number of aryl methyl sites for hydroxylation is 1. The number of halogens is 1. The SMILES string of the molecule is Cc1ccc(C(C)Nc2cnnc(Cl)n2)cc1. The van der Waals surface area contributed by atoms with Crippen LogP contribution in [0.4, 0.5) is 5.82 Å². The van der Waals surface area contributed by atoms with Crippen molar-refractivity contribution in [3.63, 3.8) is 0 Å². The zero-order valence-electron chi connectivity index (χ0n) is 9.68. The van der Waals surface area contributed by atoms with E-state index < -0.39 is 0 Å². The second-order valence-corrected chi connectivity index (χ2v) is 4.23. The predicted octanol–water partition coefficient (Wildman–Crippen LogP) is 3.01. The van der Waals surface area contributed by atoms with E-state index in [2.05, 4.69) is 58.6 Å². The zero-order valence-corrected chi connectivity index (χ0v) is 10.4. The molecule has 1 aromatic heterocycles. The van der Waals surface area contributed by atoms with Crippen LogP contribution in [0, 0.1) is 6.92 Å². The summed E-state index contributed by atoms with van der Waals surface area (Å²) >= 11 is 5.67. The number of aromatic nitrogens is 3. The molecule has 0 radical (unpaired) electrons. The Morgan fingerprint density at radius 1 is 1.24 bits per heavy atom. The van der Waals surface area contributed by atoms with E-state index in [0.29, 0.717) is 5.82 Å². The van der Waals surface area contributed by atoms with E-state index in [1.165, 1.54) is 11.1 Å². The van der Waals surface area contributed by atoms with Crippen LogP contribution in [0.15, 0.2) is 30.5 Å². The molecule has 0 aliphatic carbocycles. The smallest absolute Gasteiger partial charge is 0.244 e. The first kappa shape index (κ1) is 11.8. The van der Waals surface area contributed by atoms with Crippen LogP contribution in [0.5, 0.6) is 0 Å². The summed E-state index contributed by atoms with van der Waals surface area (Å²) in [5, 5.41) is 10.7. The Morgan fingerprint density at radius 2 is 1.94 bits per heavy atom. The molecule has 1 unspecified atom stereocenters. The summed E-state index contributed by atoms with van der Waals surface area (Å²) in [5.41, 5.74) is 2.43. The molecule has 17 heavy (non-hydrogen) atoms. The lowest BCUT2D eigenvalue weighted by atomic mass is 10.1. The maximum Gasteiger partial charge on any atom is 0.244 e. The molecule has 0 fully saturated rings. The summed E-state index contributed by atoms with van der Waals surface area (Å²) in [5.74, 6) is 0.623. The van der Waals surface area contributed by atoms with Gasteiger partial charge in [-0.3, -0.25) is 0 Å². The van der Waals surface area contributed by atoms with Gasteiger partial charge in [-0.2, -0.15) is 10.1 Å². The molecule has 2 rings (SSSR count). The lowest BCUT2D eigenvalue weighted by molar-refractivity contribution is 0.858. The van der Waals surface area contributed by atoms with Gasteiger partial charge in [-0.25, -0.2) is 0 Å². The quantitative estimate of drug-likeness (QED) is 0.907. The summed E-state index contributed by atoms with van der Waals surface area (Å²) in [7, 11) is 0. The highest BCUT2D eigenvalue weighted by Gasteiger charge is 2.06. The second-order valence-electron chi connectivity index (χ2n) is 3.89. The first-order valence-corrected chi connectivity index (χ1v) is 5.71. The average Bonchev–Trinajstić information content (AvgIpc) is 2.29. The lowest BCUT2D eigenvalue weighted by Gasteiger charge is -2.14. The number of nitrogens with zero attached hydrogens (tertiary/aromatic N) is 3. The van der Waals surface area contributed by atoms with Crippen LogP contribution in [-0.2, 0) is 0 Å². The molecule has 2 aromatic rings. The van der Waals surface area contributed by atoms with Gasteiger partial charge in [0.15, 0.2) is 0 Å². The van der Waals surface area contributed by atoms with E-state index in [1.807, 2.05) is 0 Å². The minimum atomic E-state index is 0.142. The van der Waals surface area contributed by atoms with Crippen molar-refractivity contribution >= 4 is 17.4 Å². The van der Waals surface area contributed by atoms with Crippen LogP contribution < -0.4 is 5.32 Å². The lowest BCUT2D eigenvalue weighted by Crippen LogP contribution is -2.08. The molecule has 0 saturated carbocycles. The zero-order chi connectivity index (χ0) is 12.3. The van der Waals surface area contributed by atoms with E-state index in [-0.39, 0.29) is 11.3 Å². The standard InChI is InChI=1S/C12H13ClN4/c1-8-3-5-10(6-4-8)9(2)15-11-7-14-17-12(13)16-11/h3-7,9H,1-2H3,(H,15,16,17). The molecular formula is C12H13ClN4. The molecule has 1 aromatic carbocycles. The Labute approximate surface area is 105 Å². The van der Waals surface area contributed by atoms with Crippen molar-refractivity contribution in [1.29, 1.82) is 0 Å². The molecule has 0 aliphatic heterocycles. The van der Waals surface area contributed by atoms with Crippen molar-refractivity contribution in [2.24, 2.45) is 0 Å². The highest BCUT2D eigenvalue weighted by atomic mass is 35.5. The molecular weight excluding hydrogens is 236 g/mol. The van der Waals surface area contributed by atoms with Gasteiger partial charge in [0.1, 0.15) is 5.82 Å². The maximum atomic E-state index is 5.67. The minimum absolute atomic E-state index is 0.142. The maximum absolute atomic E-state index is 5.67. The molecule has 4 nitrogen and oxygen atoms in total. The summed E-state index contributed by atoms with van der Waals surface area (Å²) in [6, 6.07) is 8.48. The molecule has 5 heteroatoms. The van der Waals surface area contributed by atoms with E-state index in [0.717, 1.165) is 0 Å². The van der Waals surface area contributed by atoms with Crippen LogP contribution in [-0.4, -0.2) is 15.2 Å². The van der Waals surface area contributed by atoms with Crippen molar-refractivity contribution in [3.8, 4) is 0 Å². The van der Waals surface area contributed by atoms with Crippen LogP contribution >= 0.6 is 11.6 Å². The molecule has 1 N–H and O–H groups in total. The van der Waals surface area contributed by atoms with E-state index in [1.54, 1.807) is 6.20 Å². The average molecular weight is 249 g/mol. The number of benzene rings is 1. The third-order valence-electron chi connectivity index (χ3n) is 2.47. The second kappa shape index (κ2) is 5.10. The number of nitrogens with one attached hydrogen (secondary N) is 1. The summed E-state index contributed by atoms with van der Waals surface area (Å²) in [6.07, 6.45) is 1.55. The molecule has 1 atom stereocenters. The summed E-state index contributed by atoms with van der Waals surface area (Å²) < 4.78 is 0. The van der Waals surface area contributed by atoms with Gasteiger partial charge in [0.25, 0.3) is 0 Å². The first-order chi connectivity index (χ1) is 8.15. The number of anilines is 1. The third kappa shape index (κ3) is 3.14. The van der Waals surface area contributed by atoms with E-state index in [9.17, 15) is 0 Å². The van der Waals surface area contributed by atoms with Crippen molar-refractivity contribution in [2.45, 2.75) is 19.9 Å². The van der Waals surface area contributed by atoms with Crippen molar-refractivity contribution in [3.05, 3.63) is 46.9 Å². The monoisotopic (exact) mass is 248 g/mol. The van der Waals surface area contributed by atoms with E-state index >= 15 is 0 Å². The van der Waals surface area contributed by atoms with Gasteiger partial charge in [-0.05, 0) is 31.0 Å². The highest BCUT2D eigenvalue weighted by Crippen LogP contribution is 2.18. The van der Waals surface area contributed by atoms with Gasteiger partial charge in [0.2, 0.25) is 5.28 Å². The largest absolute Gasteiger partial charge is 0.362 e. The fourth-order valence-corrected chi connectivity index (χ4v) is 1.65. The van der Waals surface area contributed by atoms with Crippen LogP contribution in [0.2, 0.25) is 5.28 Å². The molecule has 0 amide bonds. The van der Waals surface area contributed by atoms with Crippen LogP contribution in [0.1, 0.15) is 24.1 Å². The van der Waals surface area contributed by atoms with Gasteiger partial charge >= 0.3 is 0 Å². The number of hydrogen-bond acceptors (Lipinski definition) is 4. The van der Waals surface area contributed by atoms with Gasteiger partial charge in [0, 0.05) is 6.04 Å². The number of hydrogen-bond donors (Lipinski definition) is 1. The molecule has 88 valence electrons. The topological polar surface area (TPSA) is 50.7 Å². The Kier molecular flexibility index (Phi) is 3.54. The minimum Gasteiger partial charge on any atom is -0.362 e. The molecule has 1 heterocycles. The third-order valence-corrected chi connectivity index (χ3v) is 2.63. The fourth-order valence-electron chi connectivity index (χ4n) is 1.51. The molecule has 0 saturated heterocycles. The molecule has 0 aliphatic rings. The van der Waals surface area contributed by atoms with Gasteiger partial charge in [-0.1, -0.05) is 29.8 Å². The normalized spacial score (nSPS) is 12.2. The Hall–Kier alpha value is -1.68. The molecule has 0 spiro atoms. The summed E-state index contributed by atoms with van der Waals surface area (Å²) in [4.78, 5) is 4.04.